The number of cyclic esters (lactones) is 1. The lowest BCUT2D eigenvalue weighted by Gasteiger charge is -2.14. The second-order valence-corrected chi connectivity index (χ2v) is 5.44. The van der Waals surface area contributed by atoms with E-state index < -0.39 is 0 Å². The molecule has 0 saturated carbocycles. The summed E-state index contributed by atoms with van der Waals surface area (Å²) in [6, 6.07) is 20.2. The number of carbonyl (C=O) groups is 1. The normalized spacial score (nSPS) is 16.8. The number of carbonyl (C=O) groups excluding carboxylic acids is 1. The van der Waals surface area contributed by atoms with Crippen LogP contribution in [0.15, 0.2) is 60.7 Å². The molecule has 2 heteroatoms. The van der Waals surface area contributed by atoms with Gasteiger partial charge in [-0.15, -0.1) is 0 Å². The first kappa shape index (κ1) is 12.2. The van der Waals surface area contributed by atoms with E-state index in [1.54, 1.807) is 0 Å². The van der Waals surface area contributed by atoms with Gasteiger partial charge in [-0.05, 0) is 23.8 Å². The molecule has 1 aliphatic heterocycles. The van der Waals surface area contributed by atoms with E-state index >= 15 is 0 Å². The van der Waals surface area contributed by atoms with Crippen LogP contribution in [-0.2, 0) is 4.74 Å². The van der Waals surface area contributed by atoms with Crippen molar-refractivity contribution in [2.45, 2.75) is 13.0 Å². The first-order chi connectivity index (χ1) is 10.2. The van der Waals surface area contributed by atoms with Crippen LogP contribution in [0.1, 0.15) is 33.2 Å². The Morgan fingerprint density at radius 1 is 0.905 bits per heavy atom. The number of hydrogen-bond acceptors (Lipinski definition) is 2. The molecule has 3 aromatic carbocycles. The van der Waals surface area contributed by atoms with Gasteiger partial charge in [0.2, 0.25) is 0 Å². The van der Waals surface area contributed by atoms with Crippen LogP contribution in [0.25, 0.3) is 10.8 Å². The van der Waals surface area contributed by atoms with E-state index in [2.05, 4.69) is 18.2 Å². The van der Waals surface area contributed by atoms with Crippen molar-refractivity contribution in [3.05, 3.63) is 82.9 Å². The van der Waals surface area contributed by atoms with Gasteiger partial charge in [0, 0.05) is 11.1 Å². The van der Waals surface area contributed by atoms with Crippen molar-refractivity contribution >= 4 is 16.7 Å². The van der Waals surface area contributed by atoms with Crippen molar-refractivity contribution in [1.29, 1.82) is 0 Å². The smallest absolute Gasteiger partial charge is 0.339 e. The minimum Gasteiger partial charge on any atom is -0.449 e. The summed E-state index contributed by atoms with van der Waals surface area (Å²) < 4.78 is 5.64. The molecule has 1 heterocycles. The van der Waals surface area contributed by atoms with E-state index in [0.29, 0.717) is 5.56 Å². The lowest BCUT2D eigenvalue weighted by molar-refractivity contribution is 0.0458. The summed E-state index contributed by atoms with van der Waals surface area (Å²) in [4.78, 5) is 12.1. The molecule has 0 N–H and O–H groups in total. The van der Waals surface area contributed by atoms with Gasteiger partial charge < -0.3 is 4.74 Å². The summed E-state index contributed by atoms with van der Waals surface area (Å²) in [5.74, 6) is -0.233. The van der Waals surface area contributed by atoms with E-state index in [9.17, 15) is 4.79 Å². The third-order valence-electron chi connectivity index (χ3n) is 4.04. The van der Waals surface area contributed by atoms with Gasteiger partial charge in [0.15, 0.2) is 6.10 Å². The Kier molecular flexibility index (Phi) is 2.58. The first-order valence-corrected chi connectivity index (χ1v) is 7.03. The average Bonchev–Trinajstić information content (AvgIpc) is 2.83. The van der Waals surface area contributed by atoms with Crippen LogP contribution in [0.3, 0.4) is 0 Å². The Morgan fingerprint density at radius 3 is 2.62 bits per heavy atom. The molecular formula is C19H14O2. The number of benzene rings is 3. The maximum absolute atomic E-state index is 12.1. The molecule has 4 rings (SSSR count). The highest BCUT2D eigenvalue weighted by Crippen LogP contribution is 2.39. The fraction of sp³-hybridized carbons (Fsp3) is 0.105. The van der Waals surface area contributed by atoms with Crippen molar-refractivity contribution < 1.29 is 9.53 Å². The van der Waals surface area contributed by atoms with E-state index in [1.807, 2.05) is 49.4 Å². The fourth-order valence-electron chi connectivity index (χ4n) is 3.03. The number of fused-ring (bicyclic) bond motifs is 2. The second-order valence-electron chi connectivity index (χ2n) is 5.44. The van der Waals surface area contributed by atoms with Crippen LogP contribution in [-0.4, -0.2) is 5.97 Å². The molecule has 102 valence electrons. The third kappa shape index (κ3) is 1.83. The maximum Gasteiger partial charge on any atom is 0.339 e. The summed E-state index contributed by atoms with van der Waals surface area (Å²) in [6.07, 6.45) is -0.307. The van der Waals surface area contributed by atoms with Gasteiger partial charge in [-0.1, -0.05) is 60.2 Å². The summed E-state index contributed by atoms with van der Waals surface area (Å²) in [6.45, 7) is 2.03. The summed E-state index contributed by atoms with van der Waals surface area (Å²) in [7, 11) is 0. The third-order valence-corrected chi connectivity index (χ3v) is 4.04. The van der Waals surface area contributed by atoms with Gasteiger partial charge in [0.25, 0.3) is 0 Å². The number of ether oxygens (including phenoxy) is 1. The molecule has 0 radical (unpaired) electrons. The molecule has 0 aliphatic carbocycles. The predicted octanol–water partition coefficient (Wildman–Crippen LogP) is 4.41. The Balaban J connectivity index is 1.96. The minimum absolute atomic E-state index is 0.233. The first-order valence-electron chi connectivity index (χ1n) is 7.03. The lowest BCUT2D eigenvalue weighted by atomic mass is 9.94. The van der Waals surface area contributed by atoms with Crippen molar-refractivity contribution in [1.82, 2.24) is 0 Å². The Labute approximate surface area is 123 Å². The zero-order valence-corrected chi connectivity index (χ0v) is 11.7. The molecule has 0 fully saturated rings. The summed E-state index contributed by atoms with van der Waals surface area (Å²) in [5, 5.41) is 2.29. The Hall–Kier alpha value is -2.61. The Morgan fingerprint density at radius 2 is 1.71 bits per heavy atom. The fourth-order valence-corrected chi connectivity index (χ4v) is 3.03. The van der Waals surface area contributed by atoms with Gasteiger partial charge in [0.1, 0.15) is 0 Å². The molecule has 3 aromatic rings. The van der Waals surface area contributed by atoms with Gasteiger partial charge >= 0.3 is 5.97 Å². The maximum atomic E-state index is 12.1. The molecule has 1 aliphatic rings. The average molecular weight is 274 g/mol. The van der Waals surface area contributed by atoms with Gasteiger partial charge in [0.05, 0.1) is 5.56 Å². The van der Waals surface area contributed by atoms with Crippen LogP contribution >= 0.6 is 0 Å². The summed E-state index contributed by atoms with van der Waals surface area (Å²) in [5.41, 5.74) is 3.83. The molecule has 0 saturated heterocycles. The van der Waals surface area contributed by atoms with Crippen LogP contribution in [0.5, 0.6) is 0 Å². The number of rotatable bonds is 1. The Bertz CT molecular complexity index is 859. The quantitative estimate of drug-likeness (QED) is 0.614. The van der Waals surface area contributed by atoms with Gasteiger partial charge in [-0.25, -0.2) is 4.79 Å². The van der Waals surface area contributed by atoms with Crippen molar-refractivity contribution in [2.24, 2.45) is 0 Å². The highest BCUT2D eigenvalue weighted by Gasteiger charge is 2.32. The zero-order valence-electron chi connectivity index (χ0n) is 11.7. The minimum atomic E-state index is -0.307. The van der Waals surface area contributed by atoms with E-state index in [1.165, 1.54) is 0 Å². The standard InChI is InChI=1S/C19H14O2/c1-12-9-10-16-17(11-12)18(21-19(16)20)15-8-4-6-13-5-2-3-7-14(13)15/h2-11,18H,1H3/t18-/m0/s1. The van der Waals surface area contributed by atoms with Crippen LogP contribution in [0, 0.1) is 6.92 Å². The molecule has 2 nitrogen and oxygen atoms in total. The van der Waals surface area contributed by atoms with Crippen molar-refractivity contribution in [3.63, 3.8) is 0 Å². The second kappa shape index (κ2) is 4.45. The molecule has 0 aromatic heterocycles. The van der Waals surface area contributed by atoms with Crippen LogP contribution in [0.2, 0.25) is 0 Å². The largest absolute Gasteiger partial charge is 0.449 e. The van der Waals surface area contributed by atoms with E-state index in [4.69, 9.17) is 4.74 Å². The molecule has 0 bridgehead atoms. The van der Waals surface area contributed by atoms with Crippen LogP contribution < -0.4 is 0 Å². The topological polar surface area (TPSA) is 26.3 Å². The number of esters is 1. The molecular weight excluding hydrogens is 260 g/mol. The van der Waals surface area contributed by atoms with Crippen molar-refractivity contribution in [3.8, 4) is 0 Å². The molecule has 0 unspecified atom stereocenters. The van der Waals surface area contributed by atoms with Crippen molar-refractivity contribution in [2.75, 3.05) is 0 Å². The highest BCUT2D eigenvalue weighted by molar-refractivity contribution is 5.96. The SMILES string of the molecule is Cc1ccc2c(c1)[C@H](c1cccc3ccccc13)OC2=O. The van der Waals surface area contributed by atoms with Gasteiger partial charge in [-0.3, -0.25) is 0 Å². The molecule has 1 atom stereocenters. The van der Waals surface area contributed by atoms with Gasteiger partial charge in [-0.2, -0.15) is 0 Å². The number of hydrogen-bond donors (Lipinski definition) is 0. The molecule has 21 heavy (non-hydrogen) atoms. The predicted molar refractivity (Wildman–Crippen MR) is 82.4 cm³/mol. The monoisotopic (exact) mass is 274 g/mol. The van der Waals surface area contributed by atoms with Crippen LogP contribution in [0.4, 0.5) is 0 Å². The number of aryl methyl sites for hydroxylation is 1. The highest BCUT2D eigenvalue weighted by atomic mass is 16.5. The summed E-state index contributed by atoms with van der Waals surface area (Å²) >= 11 is 0. The molecule has 0 amide bonds. The lowest BCUT2D eigenvalue weighted by Crippen LogP contribution is -2.01. The van der Waals surface area contributed by atoms with E-state index in [-0.39, 0.29) is 12.1 Å². The zero-order chi connectivity index (χ0) is 14.4. The van der Waals surface area contributed by atoms with E-state index in [0.717, 1.165) is 27.5 Å². The molecule has 0 spiro atoms.